The molecule has 0 atom stereocenters. The van der Waals surface area contributed by atoms with Gasteiger partial charge in [0, 0.05) is 0 Å². The van der Waals surface area contributed by atoms with Crippen LogP contribution in [0, 0.1) is 0 Å². The van der Waals surface area contributed by atoms with Crippen molar-refractivity contribution in [2.75, 3.05) is 0 Å². The van der Waals surface area contributed by atoms with Gasteiger partial charge in [0.05, 0.1) is 8.20 Å². The van der Waals surface area contributed by atoms with Gasteiger partial charge in [0.1, 0.15) is 0 Å². The van der Waals surface area contributed by atoms with Crippen LogP contribution < -0.4 is 0 Å². The number of hydrogen-bond donors (Lipinski definition) is 0. The molecule has 0 bridgehead atoms. The minimum Gasteiger partial charge on any atom is -0.0731 e. The zero-order valence-electron chi connectivity index (χ0n) is 7.77. The van der Waals surface area contributed by atoms with Gasteiger partial charge in [0.2, 0.25) is 0 Å². The molecule has 0 N–H and O–H groups in total. The highest BCUT2D eigenvalue weighted by Gasteiger charge is 1.97. The second kappa shape index (κ2) is 3.03. The molecule has 0 aliphatic carbocycles. The average Bonchev–Trinajstić information content (AvgIpc) is 2.29. The molecule has 3 rings (SSSR count). The first-order valence-electron chi connectivity index (χ1n) is 4.82. The molecule has 0 amide bonds. The van der Waals surface area contributed by atoms with E-state index in [1.165, 1.54) is 15.4 Å². The van der Waals surface area contributed by atoms with Crippen LogP contribution in [0.15, 0.2) is 60.3 Å². The number of rotatable bonds is 0. The first kappa shape index (κ1) is 7.89. The van der Waals surface area contributed by atoms with E-state index in [2.05, 4.69) is 60.3 Å². The van der Waals surface area contributed by atoms with E-state index >= 15 is 0 Å². The average molecular weight is 194 g/mol. The molecular weight excluding hydrogens is 184 g/mol. The molecule has 2 aromatic heterocycles. The minimum atomic E-state index is -0.584. The molecule has 1 aromatic carbocycles. The van der Waals surface area contributed by atoms with Gasteiger partial charge in [-0.2, -0.15) is 0 Å². The smallest absolute Gasteiger partial charge is 0.0731 e. The second-order valence-electron chi connectivity index (χ2n) is 3.51. The van der Waals surface area contributed by atoms with E-state index in [1.807, 2.05) is 0 Å². The maximum Gasteiger partial charge on any atom is 0.0808 e. The zero-order valence-corrected chi connectivity index (χ0v) is 8.77. The highest BCUT2D eigenvalue weighted by atomic mass is 28.2. The highest BCUT2D eigenvalue weighted by molar-refractivity contribution is 6.70. The summed E-state index contributed by atoms with van der Waals surface area (Å²) in [5.74, 6) is 0. The van der Waals surface area contributed by atoms with Crippen LogP contribution in [0.3, 0.4) is 0 Å². The predicted octanol–water partition coefficient (Wildman–Crippen LogP) is 3.32. The van der Waals surface area contributed by atoms with Crippen molar-refractivity contribution in [1.29, 1.82) is 0 Å². The number of fused-ring (bicyclic) bond motifs is 3. The molecule has 0 saturated carbocycles. The summed E-state index contributed by atoms with van der Waals surface area (Å²) < 4.78 is 0. The van der Waals surface area contributed by atoms with Gasteiger partial charge >= 0.3 is 0 Å². The molecule has 0 nitrogen and oxygen atoms in total. The van der Waals surface area contributed by atoms with Gasteiger partial charge in [0.15, 0.2) is 0 Å². The molecule has 14 heavy (non-hydrogen) atoms. The van der Waals surface area contributed by atoms with E-state index in [0.717, 1.165) is 0 Å². The molecule has 0 aliphatic rings. The topological polar surface area (TPSA) is 0 Å². The summed E-state index contributed by atoms with van der Waals surface area (Å²) in [5, 5.41) is 1.39. The van der Waals surface area contributed by atoms with Gasteiger partial charge in [-0.25, -0.2) is 0 Å². The van der Waals surface area contributed by atoms with Gasteiger partial charge in [-0.15, -0.1) is 0 Å². The predicted molar refractivity (Wildman–Crippen MR) is 62.9 cm³/mol. The fourth-order valence-corrected chi connectivity index (χ4v) is 4.23. The van der Waals surface area contributed by atoms with Crippen molar-refractivity contribution >= 4 is 23.6 Å². The molecule has 2 heterocycles. The summed E-state index contributed by atoms with van der Waals surface area (Å²) >= 11 is 0. The van der Waals surface area contributed by atoms with Crippen molar-refractivity contribution in [2.24, 2.45) is 0 Å². The van der Waals surface area contributed by atoms with Gasteiger partial charge in [-0.1, -0.05) is 60.3 Å². The molecule has 3 aromatic rings. The third kappa shape index (κ3) is 1.10. The Hall–Kier alpha value is -1.47. The van der Waals surface area contributed by atoms with Crippen LogP contribution in [0.25, 0.3) is 15.4 Å². The lowest BCUT2D eigenvalue weighted by atomic mass is 10.2. The first-order chi connectivity index (χ1) is 6.95. The Morgan fingerprint density at radius 3 is 2.57 bits per heavy atom. The summed E-state index contributed by atoms with van der Waals surface area (Å²) in [7, 11) is -0.584. The molecule has 1 heteroatoms. The fourth-order valence-electron chi connectivity index (χ4n) is 1.95. The largest absolute Gasteiger partial charge is 0.0808 e. The molecular formula is C13H10Si. The lowest BCUT2D eigenvalue weighted by Crippen LogP contribution is -1.90. The number of hydrogen-bond acceptors (Lipinski definition) is 0. The van der Waals surface area contributed by atoms with E-state index in [4.69, 9.17) is 0 Å². The summed E-state index contributed by atoms with van der Waals surface area (Å²) in [6.45, 7) is 0. The van der Waals surface area contributed by atoms with Crippen molar-refractivity contribution < 1.29 is 0 Å². The van der Waals surface area contributed by atoms with E-state index < -0.39 is 8.20 Å². The second-order valence-corrected chi connectivity index (χ2v) is 5.78. The Morgan fingerprint density at radius 1 is 0.714 bits per heavy atom. The van der Waals surface area contributed by atoms with Crippen LogP contribution in [0.2, 0.25) is 0 Å². The molecule has 0 spiro atoms. The minimum absolute atomic E-state index is 0.584. The van der Waals surface area contributed by atoms with Crippen LogP contribution in [0.1, 0.15) is 0 Å². The maximum absolute atomic E-state index is 2.36. The van der Waals surface area contributed by atoms with Crippen molar-refractivity contribution in [1.82, 2.24) is 0 Å². The Bertz CT molecular complexity index is 544. The summed E-state index contributed by atoms with van der Waals surface area (Å²) in [5.41, 5.74) is 2.36. The molecule has 0 aliphatic heterocycles. The maximum atomic E-state index is 2.36. The quantitative estimate of drug-likeness (QED) is 0.380. The van der Waals surface area contributed by atoms with Gasteiger partial charge in [0.25, 0.3) is 0 Å². The molecule has 66 valence electrons. The van der Waals surface area contributed by atoms with E-state index in [-0.39, 0.29) is 0 Å². The Kier molecular flexibility index (Phi) is 1.71. The van der Waals surface area contributed by atoms with Crippen molar-refractivity contribution in [3.05, 3.63) is 60.3 Å². The molecule has 0 unspecified atom stereocenters. The van der Waals surface area contributed by atoms with Crippen LogP contribution in [-0.2, 0) is 0 Å². The van der Waals surface area contributed by atoms with Crippen LogP contribution in [-0.4, -0.2) is 8.20 Å². The van der Waals surface area contributed by atoms with Crippen LogP contribution >= 0.6 is 0 Å². The Balaban J connectivity index is 2.61. The zero-order chi connectivity index (χ0) is 9.38. The fraction of sp³-hybridized carbons (Fsp3) is 0. The van der Waals surface area contributed by atoms with Crippen LogP contribution in [0.5, 0.6) is 0 Å². The third-order valence-electron chi connectivity index (χ3n) is 2.65. The molecule has 0 saturated heterocycles. The van der Waals surface area contributed by atoms with Gasteiger partial charge in [-0.05, 0) is 15.4 Å². The summed E-state index contributed by atoms with van der Waals surface area (Å²) in [6.07, 6.45) is 0. The van der Waals surface area contributed by atoms with E-state index in [9.17, 15) is 0 Å². The SMILES string of the molecule is c1ccc2c(c1)ccc1cccc[si]12. The lowest BCUT2D eigenvalue weighted by molar-refractivity contribution is 1.81. The number of benzene rings is 1. The Labute approximate surface area is 84.3 Å². The lowest BCUT2D eigenvalue weighted by Gasteiger charge is -2.01. The van der Waals surface area contributed by atoms with Gasteiger partial charge in [-0.3, -0.25) is 0 Å². The molecule has 0 radical (unpaired) electrons. The van der Waals surface area contributed by atoms with Crippen molar-refractivity contribution in [3.8, 4) is 0 Å². The summed E-state index contributed by atoms with van der Waals surface area (Å²) in [4.78, 5) is 3.02. The normalized spacial score (nSPS) is 10.9. The third-order valence-corrected chi connectivity index (χ3v) is 5.17. The Morgan fingerprint density at radius 2 is 1.57 bits per heavy atom. The van der Waals surface area contributed by atoms with E-state index in [0.29, 0.717) is 0 Å². The summed E-state index contributed by atoms with van der Waals surface area (Å²) in [6, 6.07) is 19.7. The van der Waals surface area contributed by atoms with Crippen LogP contribution in [0.4, 0.5) is 0 Å². The first-order valence-corrected chi connectivity index (χ1v) is 6.39. The van der Waals surface area contributed by atoms with E-state index in [1.54, 1.807) is 0 Å². The monoisotopic (exact) mass is 194 g/mol. The van der Waals surface area contributed by atoms with Crippen molar-refractivity contribution in [2.45, 2.75) is 0 Å². The standard InChI is InChI=1S/C13H10Si/c1-2-7-13-11(5-1)8-9-12-6-3-4-10-14(12)13/h1-10H. The van der Waals surface area contributed by atoms with Crippen molar-refractivity contribution in [3.63, 3.8) is 0 Å². The molecule has 0 fully saturated rings. The van der Waals surface area contributed by atoms with Gasteiger partial charge < -0.3 is 0 Å². The highest BCUT2D eigenvalue weighted by Crippen LogP contribution is 2.15.